The zero-order valence-electron chi connectivity index (χ0n) is 21.0. The molecule has 2 saturated heterocycles. The minimum absolute atomic E-state index is 0.0361. The van der Waals surface area contributed by atoms with Gasteiger partial charge in [-0.25, -0.2) is 0 Å². The number of nitrogens with zero attached hydrogens (tertiary/aromatic N) is 3. The Kier molecular flexibility index (Phi) is 6.38. The zero-order valence-corrected chi connectivity index (χ0v) is 21.8. The molecule has 0 aliphatic carbocycles. The number of fused-ring (bicyclic) bond motifs is 1. The number of benzene rings is 3. The van der Waals surface area contributed by atoms with Crippen molar-refractivity contribution in [3.8, 4) is 11.5 Å². The molecule has 2 fully saturated rings. The topological polar surface area (TPSA) is 102 Å². The molecule has 10 heteroatoms. The third kappa shape index (κ3) is 4.36. The molecule has 3 aliphatic rings. The number of carbonyl (C=O) groups is 2. The van der Waals surface area contributed by atoms with Crippen molar-refractivity contribution in [3.63, 3.8) is 0 Å². The molecule has 1 unspecified atom stereocenters. The van der Waals surface area contributed by atoms with Gasteiger partial charge in [-0.05, 0) is 60.9 Å². The summed E-state index contributed by atoms with van der Waals surface area (Å²) in [7, 11) is 0. The fraction of sp³-hybridized carbons (Fsp3) is 0.310. The Hall–Kier alpha value is -4.11. The number of non-ortho nitro benzene ring substituents is 1. The van der Waals surface area contributed by atoms with Gasteiger partial charge in [0.15, 0.2) is 11.5 Å². The summed E-state index contributed by atoms with van der Waals surface area (Å²) in [6, 6.07) is 18.4. The van der Waals surface area contributed by atoms with E-state index in [0.717, 1.165) is 12.0 Å². The van der Waals surface area contributed by atoms with Gasteiger partial charge < -0.3 is 19.3 Å². The summed E-state index contributed by atoms with van der Waals surface area (Å²) in [5.41, 5.74) is 1.33. The van der Waals surface area contributed by atoms with Gasteiger partial charge in [-0.3, -0.25) is 19.7 Å². The second-order valence-electron chi connectivity index (χ2n) is 10.1. The van der Waals surface area contributed by atoms with Crippen LogP contribution in [0.3, 0.4) is 0 Å². The number of nitro groups is 1. The van der Waals surface area contributed by atoms with Gasteiger partial charge in [0.1, 0.15) is 0 Å². The highest BCUT2D eigenvalue weighted by atomic mass is 35.5. The van der Waals surface area contributed by atoms with E-state index >= 15 is 0 Å². The Bertz CT molecular complexity index is 1430. The third-order valence-electron chi connectivity index (χ3n) is 7.89. The van der Waals surface area contributed by atoms with Crippen LogP contribution >= 0.6 is 11.6 Å². The second-order valence-corrected chi connectivity index (χ2v) is 10.5. The number of likely N-dealkylation sites (tertiary alicyclic amines) is 1. The number of carbonyl (C=O) groups excluding carboxylic acids is 2. The van der Waals surface area contributed by atoms with Crippen LogP contribution in [0.25, 0.3) is 0 Å². The molecule has 3 aromatic carbocycles. The van der Waals surface area contributed by atoms with Gasteiger partial charge >= 0.3 is 0 Å². The summed E-state index contributed by atoms with van der Waals surface area (Å²) in [6.45, 7) is 1.97. The summed E-state index contributed by atoms with van der Waals surface area (Å²) in [5, 5.41) is 11.7. The molecule has 9 nitrogen and oxygen atoms in total. The molecule has 1 atom stereocenters. The van der Waals surface area contributed by atoms with Gasteiger partial charge in [-0.15, -0.1) is 0 Å². The number of halogens is 1. The molecule has 0 aromatic heterocycles. The number of β-lactam (4-membered cyclic amide) rings is 1. The molecule has 200 valence electrons. The van der Waals surface area contributed by atoms with Crippen molar-refractivity contribution >= 4 is 34.8 Å². The predicted octanol–water partition coefficient (Wildman–Crippen LogP) is 5.42. The van der Waals surface area contributed by atoms with E-state index < -0.39 is 10.3 Å². The summed E-state index contributed by atoms with van der Waals surface area (Å²) >= 11 is 6.14. The van der Waals surface area contributed by atoms with E-state index in [4.69, 9.17) is 21.1 Å². The molecular formula is C29H26ClN3O6. The van der Waals surface area contributed by atoms with Crippen molar-refractivity contribution in [2.75, 3.05) is 31.2 Å². The summed E-state index contributed by atoms with van der Waals surface area (Å²) in [4.78, 5) is 41.3. The van der Waals surface area contributed by atoms with E-state index in [2.05, 4.69) is 0 Å². The summed E-state index contributed by atoms with van der Waals surface area (Å²) < 4.78 is 11.4. The molecule has 0 bridgehead atoms. The van der Waals surface area contributed by atoms with E-state index in [1.165, 1.54) is 12.1 Å². The minimum Gasteiger partial charge on any atom is -0.490 e. The minimum atomic E-state index is -0.683. The van der Waals surface area contributed by atoms with Crippen LogP contribution in [0.1, 0.15) is 41.2 Å². The van der Waals surface area contributed by atoms with Crippen LogP contribution in [0, 0.1) is 15.5 Å². The van der Waals surface area contributed by atoms with E-state index in [1.807, 2.05) is 12.1 Å². The first-order valence-electron chi connectivity index (χ1n) is 12.9. The second kappa shape index (κ2) is 9.89. The van der Waals surface area contributed by atoms with Crippen LogP contribution in [0.5, 0.6) is 11.5 Å². The Labute approximate surface area is 230 Å². The number of hydrogen-bond donors (Lipinski definition) is 0. The quantitative estimate of drug-likeness (QED) is 0.245. The summed E-state index contributed by atoms with van der Waals surface area (Å²) in [5.74, 6) is 1.06. The van der Waals surface area contributed by atoms with Crippen LogP contribution in [0.15, 0.2) is 66.7 Å². The van der Waals surface area contributed by atoms with Gasteiger partial charge in [0.2, 0.25) is 5.91 Å². The average Bonchev–Trinajstić information content (AvgIpc) is 3.21. The van der Waals surface area contributed by atoms with Crippen LogP contribution < -0.4 is 14.4 Å². The lowest BCUT2D eigenvalue weighted by atomic mass is 9.62. The van der Waals surface area contributed by atoms with Crippen molar-refractivity contribution in [1.29, 1.82) is 0 Å². The molecule has 3 heterocycles. The Morgan fingerprint density at radius 3 is 2.28 bits per heavy atom. The number of ether oxygens (including phenoxy) is 2. The molecule has 6 rings (SSSR count). The van der Waals surface area contributed by atoms with Gasteiger partial charge in [0.05, 0.1) is 29.6 Å². The van der Waals surface area contributed by atoms with Crippen molar-refractivity contribution in [2.45, 2.75) is 25.3 Å². The van der Waals surface area contributed by atoms with Crippen molar-refractivity contribution in [2.24, 2.45) is 5.41 Å². The monoisotopic (exact) mass is 547 g/mol. The van der Waals surface area contributed by atoms with E-state index in [0.29, 0.717) is 66.9 Å². The Morgan fingerprint density at radius 2 is 1.62 bits per heavy atom. The van der Waals surface area contributed by atoms with Gasteiger partial charge in [-0.1, -0.05) is 23.7 Å². The lowest BCUT2D eigenvalue weighted by Crippen LogP contribution is -2.67. The van der Waals surface area contributed by atoms with Crippen molar-refractivity contribution in [1.82, 2.24) is 4.90 Å². The van der Waals surface area contributed by atoms with Crippen LogP contribution in [0.2, 0.25) is 5.02 Å². The van der Waals surface area contributed by atoms with Crippen LogP contribution in [-0.4, -0.2) is 47.9 Å². The van der Waals surface area contributed by atoms with E-state index in [9.17, 15) is 19.7 Å². The maximum Gasteiger partial charge on any atom is 0.269 e. The fourth-order valence-corrected chi connectivity index (χ4v) is 5.97. The normalized spacial score (nSPS) is 19.8. The number of hydrogen-bond acceptors (Lipinski definition) is 6. The highest BCUT2D eigenvalue weighted by molar-refractivity contribution is 6.30. The molecular weight excluding hydrogens is 522 g/mol. The Balaban J connectivity index is 1.24. The molecule has 0 saturated carbocycles. The van der Waals surface area contributed by atoms with Crippen molar-refractivity contribution < 1.29 is 24.0 Å². The standard InChI is InChI=1S/C29H26ClN3O6/c30-21-5-2-19(3-6-21)26-29(28(35)32(26)22-7-9-23(10-8-22)33(36)37)12-14-31(15-13-29)27(34)20-4-11-24-25(18-20)39-17-1-16-38-24/h2-11,18,26H,1,12-17H2. The number of amides is 2. The molecule has 0 radical (unpaired) electrons. The molecule has 39 heavy (non-hydrogen) atoms. The highest BCUT2D eigenvalue weighted by Crippen LogP contribution is 2.57. The van der Waals surface area contributed by atoms with Crippen LogP contribution in [0.4, 0.5) is 11.4 Å². The number of rotatable bonds is 4. The predicted molar refractivity (Wildman–Crippen MR) is 144 cm³/mol. The molecule has 3 aromatic rings. The van der Waals surface area contributed by atoms with Gasteiger partial charge in [-0.2, -0.15) is 0 Å². The highest BCUT2D eigenvalue weighted by Gasteiger charge is 2.62. The molecule has 3 aliphatic heterocycles. The SMILES string of the molecule is O=C(c1ccc2c(c1)OCCCO2)N1CCC2(CC1)C(=O)N(c1ccc([N+](=O)[O-])cc1)C2c1ccc(Cl)cc1. The molecule has 1 spiro atoms. The van der Waals surface area contributed by atoms with Crippen molar-refractivity contribution in [3.05, 3.63) is 93.0 Å². The van der Waals surface area contributed by atoms with Gasteiger partial charge in [0.25, 0.3) is 11.6 Å². The Morgan fingerprint density at radius 1 is 0.949 bits per heavy atom. The third-order valence-corrected chi connectivity index (χ3v) is 8.14. The van der Waals surface area contributed by atoms with Crippen LogP contribution in [-0.2, 0) is 4.79 Å². The zero-order chi connectivity index (χ0) is 27.1. The summed E-state index contributed by atoms with van der Waals surface area (Å²) in [6.07, 6.45) is 1.78. The molecule has 0 N–H and O–H groups in total. The maximum absolute atomic E-state index is 13.8. The number of nitro benzene ring substituents is 1. The fourth-order valence-electron chi connectivity index (χ4n) is 5.84. The first-order chi connectivity index (χ1) is 18.9. The first-order valence-corrected chi connectivity index (χ1v) is 13.3. The lowest BCUT2D eigenvalue weighted by molar-refractivity contribution is -0.384. The average molecular weight is 548 g/mol. The van der Waals surface area contributed by atoms with E-state index in [-0.39, 0.29) is 23.5 Å². The largest absolute Gasteiger partial charge is 0.490 e. The number of piperidine rings is 1. The smallest absolute Gasteiger partial charge is 0.269 e. The lowest BCUT2D eigenvalue weighted by Gasteiger charge is -2.59. The molecule has 2 amide bonds. The first kappa shape index (κ1) is 25.2. The maximum atomic E-state index is 13.8. The van der Waals surface area contributed by atoms with E-state index in [1.54, 1.807) is 52.3 Å². The number of anilines is 1. The van der Waals surface area contributed by atoms with Gasteiger partial charge in [0, 0.05) is 47.9 Å².